The molecule has 2 rings (SSSR count). The standard InChI is InChI=1S/C16H17NO4/c1-11(2)13-6-3-12(4-7-13)5-10-16(20)21-17-14(18)8-9-15(17)19/h3-7,10-11H,8-9H2,1-2H3/b10-5+. The monoisotopic (exact) mass is 287 g/mol. The molecule has 1 saturated heterocycles. The second kappa shape index (κ2) is 6.35. The van der Waals surface area contributed by atoms with Crippen LogP contribution in [0.5, 0.6) is 0 Å². The van der Waals surface area contributed by atoms with Gasteiger partial charge in [0.25, 0.3) is 11.8 Å². The number of nitrogens with zero attached hydrogens (tertiary/aromatic N) is 1. The molecule has 0 spiro atoms. The van der Waals surface area contributed by atoms with Crippen molar-refractivity contribution in [3.63, 3.8) is 0 Å². The third-order valence-electron chi connectivity index (χ3n) is 3.20. The van der Waals surface area contributed by atoms with E-state index in [1.165, 1.54) is 11.6 Å². The van der Waals surface area contributed by atoms with Gasteiger partial charge in [-0.05, 0) is 23.1 Å². The van der Waals surface area contributed by atoms with Gasteiger partial charge in [-0.3, -0.25) is 9.59 Å². The van der Waals surface area contributed by atoms with Crippen LogP contribution in [-0.2, 0) is 19.2 Å². The van der Waals surface area contributed by atoms with Crippen molar-refractivity contribution in [2.24, 2.45) is 0 Å². The van der Waals surface area contributed by atoms with E-state index in [1.54, 1.807) is 6.08 Å². The molecule has 1 aromatic rings. The summed E-state index contributed by atoms with van der Waals surface area (Å²) in [7, 11) is 0. The SMILES string of the molecule is CC(C)c1ccc(/C=C/C(=O)ON2C(=O)CCC2=O)cc1. The number of hydrogen-bond acceptors (Lipinski definition) is 4. The maximum atomic E-state index is 11.6. The Kier molecular flexibility index (Phi) is 4.52. The minimum Gasteiger partial charge on any atom is -0.326 e. The Balaban J connectivity index is 1.95. The Bertz CT molecular complexity index is 571. The molecule has 1 aliphatic rings. The highest BCUT2D eigenvalue weighted by atomic mass is 16.7. The van der Waals surface area contributed by atoms with Crippen molar-refractivity contribution in [1.82, 2.24) is 5.06 Å². The van der Waals surface area contributed by atoms with Crippen LogP contribution in [0.4, 0.5) is 0 Å². The Morgan fingerprint density at radius 2 is 1.71 bits per heavy atom. The van der Waals surface area contributed by atoms with Crippen LogP contribution in [0.15, 0.2) is 30.3 Å². The summed E-state index contributed by atoms with van der Waals surface area (Å²) in [4.78, 5) is 38.9. The lowest BCUT2D eigenvalue weighted by atomic mass is 10.0. The molecule has 21 heavy (non-hydrogen) atoms. The van der Waals surface area contributed by atoms with E-state index in [9.17, 15) is 14.4 Å². The lowest BCUT2D eigenvalue weighted by molar-refractivity contribution is -0.193. The molecule has 0 aliphatic carbocycles. The van der Waals surface area contributed by atoms with Crippen LogP contribution in [-0.4, -0.2) is 22.8 Å². The average molecular weight is 287 g/mol. The molecule has 2 amide bonds. The first-order valence-electron chi connectivity index (χ1n) is 6.83. The van der Waals surface area contributed by atoms with E-state index < -0.39 is 17.8 Å². The van der Waals surface area contributed by atoms with Gasteiger partial charge in [-0.15, -0.1) is 5.06 Å². The Morgan fingerprint density at radius 1 is 1.14 bits per heavy atom. The topological polar surface area (TPSA) is 63.7 Å². The van der Waals surface area contributed by atoms with E-state index in [4.69, 9.17) is 4.84 Å². The lowest BCUT2D eigenvalue weighted by Gasteiger charge is -2.10. The molecule has 1 fully saturated rings. The van der Waals surface area contributed by atoms with Crippen molar-refractivity contribution in [2.45, 2.75) is 32.6 Å². The number of hydrogen-bond donors (Lipinski definition) is 0. The number of amides is 2. The summed E-state index contributed by atoms with van der Waals surface area (Å²) in [5, 5.41) is 0.536. The number of carbonyl (C=O) groups is 3. The summed E-state index contributed by atoms with van der Waals surface area (Å²) in [5.74, 6) is -1.27. The predicted octanol–water partition coefficient (Wildman–Crippen LogP) is 2.43. The fourth-order valence-corrected chi connectivity index (χ4v) is 1.93. The molecule has 0 saturated carbocycles. The fourth-order valence-electron chi connectivity index (χ4n) is 1.93. The van der Waals surface area contributed by atoms with Gasteiger partial charge in [0, 0.05) is 18.9 Å². The van der Waals surface area contributed by atoms with Crippen molar-refractivity contribution in [3.8, 4) is 0 Å². The molecule has 5 nitrogen and oxygen atoms in total. The highest BCUT2D eigenvalue weighted by Gasteiger charge is 2.32. The Morgan fingerprint density at radius 3 is 2.24 bits per heavy atom. The molecule has 0 aromatic heterocycles. The number of rotatable bonds is 4. The molecule has 0 atom stereocenters. The molecular weight excluding hydrogens is 270 g/mol. The number of hydroxylamine groups is 2. The summed E-state index contributed by atoms with van der Waals surface area (Å²) in [6.45, 7) is 4.21. The zero-order valence-electron chi connectivity index (χ0n) is 12.0. The first-order chi connectivity index (χ1) is 9.97. The van der Waals surface area contributed by atoms with Crippen molar-refractivity contribution >= 4 is 23.9 Å². The molecule has 0 unspecified atom stereocenters. The first kappa shape index (κ1) is 15.0. The fraction of sp³-hybridized carbons (Fsp3) is 0.312. The van der Waals surface area contributed by atoms with E-state index in [0.717, 1.165) is 5.56 Å². The zero-order chi connectivity index (χ0) is 15.4. The Labute approximate surface area is 123 Å². The first-order valence-corrected chi connectivity index (χ1v) is 6.83. The number of carbonyl (C=O) groups excluding carboxylic acids is 3. The maximum absolute atomic E-state index is 11.6. The van der Waals surface area contributed by atoms with Crippen LogP contribution >= 0.6 is 0 Å². The van der Waals surface area contributed by atoms with Gasteiger partial charge in [0.15, 0.2) is 0 Å². The number of imide groups is 1. The zero-order valence-corrected chi connectivity index (χ0v) is 12.0. The van der Waals surface area contributed by atoms with Gasteiger partial charge in [-0.1, -0.05) is 38.1 Å². The van der Waals surface area contributed by atoms with Crippen LogP contribution < -0.4 is 0 Å². The molecule has 0 N–H and O–H groups in total. The van der Waals surface area contributed by atoms with E-state index in [2.05, 4.69) is 13.8 Å². The second-order valence-electron chi connectivity index (χ2n) is 5.15. The van der Waals surface area contributed by atoms with Gasteiger partial charge < -0.3 is 4.84 Å². The van der Waals surface area contributed by atoms with Crippen molar-refractivity contribution in [3.05, 3.63) is 41.5 Å². The Hall–Kier alpha value is -2.43. The molecule has 1 aliphatic heterocycles. The molecule has 1 aromatic carbocycles. The quantitative estimate of drug-likeness (QED) is 0.630. The summed E-state index contributed by atoms with van der Waals surface area (Å²) >= 11 is 0. The third-order valence-corrected chi connectivity index (χ3v) is 3.20. The van der Waals surface area contributed by atoms with Crippen LogP contribution in [0.25, 0.3) is 6.08 Å². The molecule has 5 heteroatoms. The van der Waals surface area contributed by atoms with Crippen LogP contribution in [0.3, 0.4) is 0 Å². The van der Waals surface area contributed by atoms with E-state index in [0.29, 0.717) is 11.0 Å². The van der Waals surface area contributed by atoms with Gasteiger partial charge in [0.2, 0.25) is 0 Å². The van der Waals surface area contributed by atoms with Gasteiger partial charge >= 0.3 is 5.97 Å². The largest absolute Gasteiger partial charge is 0.356 e. The van der Waals surface area contributed by atoms with Crippen molar-refractivity contribution in [2.75, 3.05) is 0 Å². The summed E-state index contributed by atoms with van der Waals surface area (Å²) < 4.78 is 0. The summed E-state index contributed by atoms with van der Waals surface area (Å²) in [6, 6.07) is 7.77. The number of benzene rings is 1. The van der Waals surface area contributed by atoms with Crippen molar-refractivity contribution in [1.29, 1.82) is 0 Å². The smallest absolute Gasteiger partial charge is 0.326 e. The van der Waals surface area contributed by atoms with Crippen LogP contribution in [0.1, 0.15) is 43.7 Å². The molecule has 110 valence electrons. The minimum absolute atomic E-state index is 0.0898. The highest BCUT2D eigenvalue weighted by Crippen LogP contribution is 2.16. The highest BCUT2D eigenvalue weighted by molar-refractivity contribution is 6.02. The van der Waals surface area contributed by atoms with Crippen molar-refractivity contribution < 1.29 is 19.2 Å². The van der Waals surface area contributed by atoms with E-state index >= 15 is 0 Å². The molecule has 1 heterocycles. The van der Waals surface area contributed by atoms with Gasteiger partial charge in [0.1, 0.15) is 0 Å². The summed E-state index contributed by atoms with van der Waals surface area (Å²) in [5.41, 5.74) is 2.05. The predicted molar refractivity (Wildman–Crippen MR) is 76.7 cm³/mol. The van der Waals surface area contributed by atoms with Crippen LogP contribution in [0, 0.1) is 0 Å². The molecule has 0 bridgehead atoms. The lowest BCUT2D eigenvalue weighted by Crippen LogP contribution is -2.31. The minimum atomic E-state index is -0.744. The maximum Gasteiger partial charge on any atom is 0.356 e. The van der Waals surface area contributed by atoms with Crippen LogP contribution in [0.2, 0.25) is 0 Å². The molecule has 0 radical (unpaired) electrons. The van der Waals surface area contributed by atoms with Gasteiger partial charge in [0.05, 0.1) is 0 Å². The average Bonchev–Trinajstić information content (AvgIpc) is 2.77. The van der Waals surface area contributed by atoms with Gasteiger partial charge in [-0.25, -0.2) is 4.79 Å². The van der Waals surface area contributed by atoms with E-state index in [1.807, 2.05) is 24.3 Å². The third kappa shape index (κ3) is 3.78. The molecular formula is C16H17NO4. The van der Waals surface area contributed by atoms with Gasteiger partial charge in [-0.2, -0.15) is 0 Å². The summed E-state index contributed by atoms with van der Waals surface area (Å²) in [6.07, 6.45) is 2.96. The second-order valence-corrected chi connectivity index (χ2v) is 5.15. The normalized spacial score (nSPS) is 15.3. The van der Waals surface area contributed by atoms with E-state index in [-0.39, 0.29) is 12.8 Å².